The maximum Gasteiger partial charge on any atom is 0.0572 e. The van der Waals surface area contributed by atoms with Gasteiger partial charge in [0.2, 0.25) is 0 Å². The maximum atomic E-state index is 4.49. The van der Waals surface area contributed by atoms with E-state index >= 15 is 0 Å². The van der Waals surface area contributed by atoms with E-state index in [0.29, 0.717) is 6.04 Å². The van der Waals surface area contributed by atoms with Gasteiger partial charge >= 0.3 is 0 Å². The highest BCUT2D eigenvalue weighted by Crippen LogP contribution is 2.21. The SMILES string of the molecule is CC(c1ccccn1)N1CCN(C2CCNC2)CC1. The van der Waals surface area contributed by atoms with Crippen LogP contribution in [0.15, 0.2) is 24.4 Å². The Bertz CT molecular complexity index is 380. The van der Waals surface area contributed by atoms with Gasteiger partial charge in [-0.3, -0.25) is 14.8 Å². The Labute approximate surface area is 115 Å². The number of aromatic nitrogens is 1. The fourth-order valence-electron chi connectivity index (χ4n) is 3.25. The van der Waals surface area contributed by atoms with E-state index in [2.05, 4.69) is 39.2 Å². The van der Waals surface area contributed by atoms with Crippen LogP contribution in [0.5, 0.6) is 0 Å². The summed E-state index contributed by atoms with van der Waals surface area (Å²) < 4.78 is 0. The summed E-state index contributed by atoms with van der Waals surface area (Å²) in [5, 5.41) is 3.46. The molecule has 4 heteroatoms. The van der Waals surface area contributed by atoms with Crippen LogP contribution >= 0.6 is 0 Å². The minimum absolute atomic E-state index is 0.435. The van der Waals surface area contributed by atoms with Gasteiger partial charge in [0.1, 0.15) is 0 Å². The van der Waals surface area contributed by atoms with Crippen molar-refractivity contribution in [3.8, 4) is 0 Å². The number of rotatable bonds is 3. The zero-order valence-electron chi connectivity index (χ0n) is 11.8. The summed E-state index contributed by atoms with van der Waals surface area (Å²) in [6.45, 7) is 9.36. The third-order valence-electron chi connectivity index (χ3n) is 4.56. The van der Waals surface area contributed by atoms with E-state index in [9.17, 15) is 0 Å². The van der Waals surface area contributed by atoms with Gasteiger partial charge in [0.15, 0.2) is 0 Å². The molecule has 2 aliphatic rings. The van der Waals surface area contributed by atoms with Gasteiger partial charge in [0, 0.05) is 51.0 Å². The lowest BCUT2D eigenvalue weighted by Gasteiger charge is -2.40. The Morgan fingerprint density at radius 2 is 2.11 bits per heavy atom. The van der Waals surface area contributed by atoms with E-state index in [-0.39, 0.29) is 0 Å². The van der Waals surface area contributed by atoms with Gasteiger partial charge in [-0.25, -0.2) is 0 Å². The molecule has 2 aliphatic heterocycles. The van der Waals surface area contributed by atoms with Crippen LogP contribution in [0.2, 0.25) is 0 Å². The number of hydrogen-bond donors (Lipinski definition) is 1. The summed E-state index contributed by atoms with van der Waals surface area (Å²) in [7, 11) is 0. The van der Waals surface area contributed by atoms with Crippen molar-refractivity contribution < 1.29 is 0 Å². The molecule has 0 spiro atoms. The summed E-state index contributed by atoms with van der Waals surface area (Å²) in [5.41, 5.74) is 1.19. The molecule has 1 N–H and O–H groups in total. The molecular formula is C15H24N4. The van der Waals surface area contributed by atoms with Crippen LogP contribution < -0.4 is 5.32 Å². The van der Waals surface area contributed by atoms with Crippen molar-refractivity contribution in [3.63, 3.8) is 0 Å². The van der Waals surface area contributed by atoms with Gasteiger partial charge in [-0.1, -0.05) is 6.07 Å². The van der Waals surface area contributed by atoms with Gasteiger partial charge in [-0.2, -0.15) is 0 Å². The molecule has 0 radical (unpaired) electrons. The molecule has 1 aromatic rings. The molecule has 2 atom stereocenters. The first-order chi connectivity index (χ1) is 9.34. The van der Waals surface area contributed by atoms with E-state index in [0.717, 1.165) is 19.1 Å². The fraction of sp³-hybridized carbons (Fsp3) is 0.667. The van der Waals surface area contributed by atoms with Crippen LogP contribution in [0.3, 0.4) is 0 Å². The Kier molecular flexibility index (Phi) is 4.11. The van der Waals surface area contributed by atoms with Gasteiger partial charge < -0.3 is 5.32 Å². The Balaban J connectivity index is 1.55. The molecule has 2 saturated heterocycles. The molecule has 19 heavy (non-hydrogen) atoms. The first-order valence-electron chi connectivity index (χ1n) is 7.44. The maximum absolute atomic E-state index is 4.49. The number of hydrogen-bond acceptors (Lipinski definition) is 4. The molecule has 3 rings (SSSR count). The molecular weight excluding hydrogens is 236 g/mol. The van der Waals surface area contributed by atoms with Crippen molar-refractivity contribution in [1.29, 1.82) is 0 Å². The van der Waals surface area contributed by atoms with Crippen molar-refractivity contribution in [1.82, 2.24) is 20.1 Å². The van der Waals surface area contributed by atoms with Crippen LogP contribution in [0.1, 0.15) is 25.1 Å². The average molecular weight is 260 g/mol. The zero-order chi connectivity index (χ0) is 13.1. The second-order valence-electron chi connectivity index (χ2n) is 5.65. The Hall–Kier alpha value is -0.970. The average Bonchev–Trinajstić information content (AvgIpc) is 3.02. The monoisotopic (exact) mass is 260 g/mol. The van der Waals surface area contributed by atoms with Gasteiger partial charge in [0.05, 0.1) is 5.69 Å². The molecule has 104 valence electrons. The lowest BCUT2D eigenvalue weighted by molar-refractivity contribution is 0.0775. The van der Waals surface area contributed by atoms with E-state index in [1.54, 1.807) is 0 Å². The van der Waals surface area contributed by atoms with Crippen LogP contribution in [-0.4, -0.2) is 60.1 Å². The lowest BCUT2D eigenvalue weighted by atomic mass is 10.1. The molecule has 1 aromatic heterocycles. The van der Waals surface area contributed by atoms with E-state index in [1.807, 2.05) is 12.3 Å². The third kappa shape index (κ3) is 2.96. The van der Waals surface area contributed by atoms with Crippen molar-refractivity contribution in [2.24, 2.45) is 0 Å². The predicted molar refractivity (Wildman–Crippen MR) is 77.1 cm³/mol. The minimum Gasteiger partial charge on any atom is -0.315 e. The molecule has 0 aliphatic carbocycles. The van der Waals surface area contributed by atoms with E-state index in [1.165, 1.54) is 38.3 Å². The van der Waals surface area contributed by atoms with E-state index < -0.39 is 0 Å². The van der Waals surface area contributed by atoms with Crippen molar-refractivity contribution in [2.75, 3.05) is 39.3 Å². The zero-order valence-corrected chi connectivity index (χ0v) is 11.8. The number of pyridine rings is 1. The van der Waals surface area contributed by atoms with Crippen molar-refractivity contribution >= 4 is 0 Å². The molecule has 0 aromatic carbocycles. The third-order valence-corrected chi connectivity index (χ3v) is 4.56. The summed E-state index contributed by atoms with van der Waals surface area (Å²) >= 11 is 0. The first kappa shape index (κ1) is 13.0. The number of nitrogens with zero attached hydrogens (tertiary/aromatic N) is 3. The molecule has 2 unspecified atom stereocenters. The van der Waals surface area contributed by atoms with Crippen LogP contribution in [0.25, 0.3) is 0 Å². The van der Waals surface area contributed by atoms with Gasteiger partial charge in [0.25, 0.3) is 0 Å². The standard InChI is InChI=1S/C15H24N4/c1-13(15-4-2-3-6-17-15)18-8-10-19(11-9-18)14-5-7-16-12-14/h2-4,6,13-14,16H,5,7-12H2,1H3. The lowest BCUT2D eigenvalue weighted by Crippen LogP contribution is -2.51. The molecule has 4 nitrogen and oxygen atoms in total. The van der Waals surface area contributed by atoms with Crippen molar-refractivity contribution in [2.45, 2.75) is 25.4 Å². The van der Waals surface area contributed by atoms with Crippen LogP contribution in [0.4, 0.5) is 0 Å². The number of piperazine rings is 1. The molecule has 0 bridgehead atoms. The second-order valence-corrected chi connectivity index (χ2v) is 5.65. The minimum atomic E-state index is 0.435. The Morgan fingerprint density at radius 1 is 1.26 bits per heavy atom. The highest BCUT2D eigenvalue weighted by Gasteiger charge is 2.28. The molecule has 0 amide bonds. The predicted octanol–water partition coefficient (Wildman–Crippen LogP) is 1.12. The van der Waals surface area contributed by atoms with Crippen LogP contribution in [0, 0.1) is 0 Å². The Morgan fingerprint density at radius 3 is 2.74 bits per heavy atom. The highest BCUT2D eigenvalue weighted by molar-refractivity contribution is 5.08. The highest BCUT2D eigenvalue weighted by atomic mass is 15.3. The fourth-order valence-corrected chi connectivity index (χ4v) is 3.25. The molecule has 0 saturated carbocycles. The first-order valence-corrected chi connectivity index (χ1v) is 7.44. The second kappa shape index (κ2) is 5.99. The summed E-state index contributed by atoms with van der Waals surface area (Å²) in [4.78, 5) is 9.70. The largest absolute Gasteiger partial charge is 0.315 e. The smallest absolute Gasteiger partial charge is 0.0572 e. The topological polar surface area (TPSA) is 31.4 Å². The quantitative estimate of drug-likeness (QED) is 0.882. The van der Waals surface area contributed by atoms with Crippen LogP contribution in [-0.2, 0) is 0 Å². The molecule has 2 fully saturated rings. The normalized spacial score (nSPS) is 27.5. The number of nitrogens with one attached hydrogen (secondary N) is 1. The van der Waals surface area contributed by atoms with E-state index in [4.69, 9.17) is 0 Å². The van der Waals surface area contributed by atoms with Gasteiger partial charge in [-0.15, -0.1) is 0 Å². The summed E-state index contributed by atoms with van der Waals surface area (Å²) in [6.07, 6.45) is 3.21. The molecule has 3 heterocycles. The summed E-state index contributed by atoms with van der Waals surface area (Å²) in [5.74, 6) is 0. The summed E-state index contributed by atoms with van der Waals surface area (Å²) in [6, 6.07) is 7.41. The van der Waals surface area contributed by atoms with Gasteiger partial charge in [-0.05, 0) is 32.0 Å². The van der Waals surface area contributed by atoms with Crippen molar-refractivity contribution in [3.05, 3.63) is 30.1 Å².